The fourth-order valence-corrected chi connectivity index (χ4v) is 5.61. The zero-order valence-corrected chi connectivity index (χ0v) is 19.2. The Morgan fingerprint density at radius 3 is 1.66 bits per heavy atom. The number of rotatable bonds is 7. The van der Waals surface area contributed by atoms with Crippen molar-refractivity contribution in [1.82, 2.24) is 9.97 Å². The Hall–Kier alpha value is -3.16. The van der Waals surface area contributed by atoms with E-state index < -0.39 is 11.9 Å². The van der Waals surface area contributed by atoms with E-state index in [4.69, 9.17) is 18.9 Å². The van der Waals surface area contributed by atoms with E-state index in [1.165, 1.54) is 22.7 Å². The van der Waals surface area contributed by atoms with Crippen LogP contribution in [0.3, 0.4) is 0 Å². The minimum absolute atomic E-state index is 0.138. The number of thiazole rings is 2. The molecule has 0 radical (unpaired) electrons. The number of hydrogen-bond acceptors (Lipinski definition) is 12. The third kappa shape index (κ3) is 5.36. The molecule has 0 fully saturated rings. The maximum atomic E-state index is 11.9. The van der Waals surface area contributed by atoms with Crippen LogP contribution >= 0.6 is 46.8 Å². The van der Waals surface area contributed by atoms with E-state index >= 15 is 0 Å². The molecule has 0 saturated heterocycles. The molecule has 4 rings (SSSR count). The van der Waals surface area contributed by atoms with Crippen LogP contribution in [0.15, 0.2) is 45.1 Å². The molecule has 0 atom stereocenters. The summed E-state index contributed by atoms with van der Waals surface area (Å²) in [5.41, 5.74) is 2.33. The van der Waals surface area contributed by atoms with Gasteiger partial charge in [-0.2, -0.15) is 10.5 Å². The van der Waals surface area contributed by atoms with Crippen LogP contribution in [0.5, 0.6) is 0 Å². The van der Waals surface area contributed by atoms with Crippen molar-refractivity contribution < 1.29 is 18.0 Å². The van der Waals surface area contributed by atoms with E-state index in [1.54, 1.807) is 36.4 Å². The van der Waals surface area contributed by atoms with Crippen LogP contribution < -0.4 is 0 Å². The standard InChI is InChI=1S/C20H10N4O4S4/c21-9-11-1-3-15-13(7-11)23-19(29-15)31-27-17(25)5-6-18(26)28-32-20-24-14-8-12(10-22)2-4-16(14)30-20/h1-4,7-8H,5-6H2. The molecule has 0 aliphatic carbocycles. The Morgan fingerprint density at radius 2 is 1.25 bits per heavy atom. The van der Waals surface area contributed by atoms with E-state index in [0.717, 1.165) is 33.5 Å². The van der Waals surface area contributed by atoms with E-state index in [1.807, 2.05) is 12.1 Å². The molecule has 2 aromatic carbocycles. The molecule has 0 aliphatic rings. The predicted molar refractivity (Wildman–Crippen MR) is 122 cm³/mol. The summed E-state index contributed by atoms with van der Waals surface area (Å²) in [5, 5.41) is 17.9. The first kappa shape index (κ1) is 22.0. The topological polar surface area (TPSA) is 126 Å². The van der Waals surface area contributed by atoms with Gasteiger partial charge in [0.05, 0.1) is 56.5 Å². The number of fused-ring (bicyclic) bond motifs is 2. The van der Waals surface area contributed by atoms with Gasteiger partial charge in [-0.05, 0) is 36.4 Å². The number of aromatic nitrogens is 2. The summed E-state index contributed by atoms with van der Waals surface area (Å²) in [6, 6.07) is 14.4. The molecule has 12 heteroatoms. The van der Waals surface area contributed by atoms with Crippen molar-refractivity contribution in [3.05, 3.63) is 47.5 Å². The van der Waals surface area contributed by atoms with Crippen molar-refractivity contribution in [3.63, 3.8) is 0 Å². The number of nitrogens with zero attached hydrogens (tertiary/aromatic N) is 4. The van der Waals surface area contributed by atoms with Crippen molar-refractivity contribution in [1.29, 1.82) is 10.5 Å². The highest BCUT2D eigenvalue weighted by Crippen LogP contribution is 2.32. The highest BCUT2D eigenvalue weighted by molar-refractivity contribution is 7.97. The molecule has 2 heterocycles. The second-order valence-corrected chi connectivity index (χ2v) is 10.1. The van der Waals surface area contributed by atoms with Crippen molar-refractivity contribution in [2.24, 2.45) is 0 Å². The Kier molecular flexibility index (Phi) is 6.87. The number of benzene rings is 2. The highest BCUT2D eigenvalue weighted by atomic mass is 32.2. The quantitative estimate of drug-likeness (QED) is 0.313. The highest BCUT2D eigenvalue weighted by Gasteiger charge is 2.14. The monoisotopic (exact) mass is 498 g/mol. The average Bonchev–Trinajstić information content (AvgIpc) is 3.41. The molecule has 0 N–H and O–H groups in total. The Morgan fingerprint density at radius 1 is 0.812 bits per heavy atom. The van der Waals surface area contributed by atoms with Gasteiger partial charge in [-0.15, -0.1) is 22.7 Å². The summed E-state index contributed by atoms with van der Waals surface area (Å²) in [4.78, 5) is 32.5. The molecule has 8 nitrogen and oxygen atoms in total. The first-order valence-electron chi connectivity index (χ1n) is 8.90. The molecule has 32 heavy (non-hydrogen) atoms. The summed E-state index contributed by atoms with van der Waals surface area (Å²) < 4.78 is 13.0. The lowest BCUT2D eigenvalue weighted by atomic mass is 10.2. The molecule has 2 aromatic heterocycles. The van der Waals surface area contributed by atoms with Gasteiger partial charge >= 0.3 is 11.9 Å². The van der Waals surface area contributed by atoms with Crippen molar-refractivity contribution >= 4 is 79.1 Å². The van der Waals surface area contributed by atoms with Crippen LogP contribution in [0.4, 0.5) is 0 Å². The molecule has 0 aliphatic heterocycles. The van der Waals surface area contributed by atoms with Crippen molar-refractivity contribution in [2.75, 3.05) is 0 Å². The fraction of sp³-hybridized carbons (Fsp3) is 0.100. The minimum atomic E-state index is -0.571. The first-order valence-corrected chi connectivity index (χ1v) is 12.0. The fourth-order valence-electron chi connectivity index (χ4n) is 2.47. The largest absolute Gasteiger partial charge is 0.383 e. The van der Waals surface area contributed by atoms with Crippen molar-refractivity contribution in [3.8, 4) is 12.1 Å². The summed E-state index contributed by atoms with van der Waals surface area (Å²) >= 11 is 4.32. The SMILES string of the molecule is N#Cc1ccc2sc(SOC(=O)CCC(=O)OSc3nc4cc(C#N)ccc4s3)nc2c1. The number of carbonyl (C=O) groups excluding carboxylic acids is 2. The third-order valence-electron chi connectivity index (χ3n) is 3.94. The number of carbonyl (C=O) groups is 2. The van der Waals surface area contributed by atoms with Gasteiger partial charge in [-0.1, -0.05) is 0 Å². The Balaban J connectivity index is 1.22. The van der Waals surface area contributed by atoms with Crippen LogP contribution in [0.25, 0.3) is 20.4 Å². The van der Waals surface area contributed by atoms with E-state index in [9.17, 15) is 9.59 Å². The lowest BCUT2D eigenvalue weighted by Gasteiger charge is -2.01. The summed E-state index contributed by atoms with van der Waals surface area (Å²) in [6.07, 6.45) is -0.275. The molecule has 4 aromatic rings. The van der Waals surface area contributed by atoms with Gasteiger partial charge in [0, 0.05) is 0 Å². The second kappa shape index (κ2) is 9.97. The van der Waals surface area contributed by atoms with Crippen LogP contribution in [0.1, 0.15) is 24.0 Å². The maximum absolute atomic E-state index is 11.9. The van der Waals surface area contributed by atoms with Crippen LogP contribution in [-0.2, 0) is 18.0 Å². The molecule has 158 valence electrons. The van der Waals surface area contributed by atoms with Crippen LogP contribution in [0.2, 0.25) is 0 Å². The molecule has 0 saturated carbocycles. The van der Waals surface area contributed by atoms with E-state index in [-0.39, 0.29) is 12.8 Å². The van der Waals surface area contributed by atoms with E-state index in [2.05, 4.69) is 9.97 Å². The molecular weight excluding hydrogens is 489 g/mol. The lowest BCUT2D eigenvalue weighted by molar-refractivity contribution is -0.139. The normalized spacial score (nSPS) is 10.6. The van der Waals surface area contributed by atoms with Crippen LogP contribution in [-0.4, -0.2) is 21.9 Å². The number of hydrogen-bond donors (Lipinski definition) is 0. The van der Waals surface area contributed by atoms with Crippen molar-refractivity contribution in [2.45, 2.75) is 21.5 Å². The van der Waals surface area contributed by atoms with Gasteiger partial charge in [0.25, 0.3) is 0 Å². The lowest BCUT2D eigenvalue weighted by Crippen LogP contribution is -2.05. The van der Waals surface area contributed by atoms with E-state index in [0.29, 0.717) is 30.8 Å². The second-order valence-electron chi connectivity index (χ2n) is 6.13. The average molecular weight is 499 g/mol. The van der Waals surface area contributed by atoms with Crippen LogP contribution in [0, 0.1) is 22.7 Å². The minimum Gasteiger partial charge on any atom is -0.383 e. The zero-order chi connectivity index (χ0) is 22.5. The summed E-state index contributed by atoms with van der Waals surface area (Å²) in [7, 11) is 0. The van der Waals surface area contributed by atoms with Gasteiger partial charge < -0.3 is 8.37 Å². The third-order valence-corrected chi connectivity index (χ3v) is 7.52. The smallest absolute Gasteiger partial charge is 0.318 e. The molecular formula is C20H10N4O4S4. The van der Waals surface area contributed by atoms with Gasteiger partial charge in [0.2, 0.25) is 0 Å². The first-order chi connectivity index (χ1) is 15.5. The maximum Gasteiger partial charge on any atom is 0.318 e. The molecule has 0 bridgehead atoms. The van der Waals surface area contributed by atoms with Gasteiger partial charge in [-0.3, -0.25) is 9.59 Å². The molecule has 0 spiro atoms. The van der Waals surface area contributed by atoms with Gasteiger partial charge in [-0.25, -0.2) is 9.97 Å². The summed E-state index contributed by atoms with van der Waals surface area (Å²) in [6.45, 7) is 0. The van der Waals surface area contributed by atoms with Gasteiger partial charge in [0.15, 0.2) is 8.68 Å². The summed E-state index contributed by atoms with van der Waals surface area (Å²) in [5.74, 6) is -1.14. The van der Waals surface area contributed by atoms with Gasteiger partial charge in [0.1, 0.15) is 24.1 Å². The molecule has 0 amide bonds. The number of nitriles is 2. The Bertz CT molecular complexity index is 1310. The Labute approximate surface area is 198 Å². The molecule has 0 unspecified atom stereocenters. The predicted octanol–water partition coefficient (Wildman–Crippen LogP) is 5.23. The zero-order valence-electron chi connectivity index (χ0n) is 15.9.